The van der Waals surface area contributed by atoms with Crippen LogP contribution in [0.5, 0.6) is 0 Å². The van der Waals surface area contributed by atoms with Crippen molar-refractivity contribution in [2.45, 2.75) is 25.9 Å². The highest BCUT2D eigenvalue weighted by Gasteiger charge is 2.11. The summed E-state index contributed by atoms with van der Waals surface area (Å²) in [6.45, 7) is 1.59. The summed E-state index contributed by atoms with van der Waals surface area (Å²) in [6.07, 6.45) is 1.18. The van der Waals surface area contributed by atoms with Gasteiger partial charge in [0, 0.05) is 12.5 Å². The summed E-state index contributed by atoms with van der Waals surface area (Å²) in [7, 11) is 0. The predicted molar refractivity (Wildman–Crippen MR) is 66.2 cm³/mol. The summed E-state index contributed by atoms with van der Waals surface area (Å²) in [6, 6.07) is 9.65. The second-order valence-corrected chi connectivity index (χ2v) is 4.25. The van der Waals surface area contributed by atoms with Crippen LogP contribution in [0, 0.1) is 5.92 Å². The molecule has 0 aliphatic heterocycles. The highest BCUT2D eigenvalue weighted by Crippen LogP contribution is 2.14. The molecule has 2 atom stereocenters. The first-order valence-electron chi connectivity index (χ1n) is 5.83. The van der Waals surface area contributed by atoms with Crippen LogP contribution in [-0.2, 0) is 6.42 Å². The van der Waals surface area contributed by atoms with Crippen molar-refractivity contribution in [3.8, 4) is 0 Å². The van der Waals surface area contributed by atoms with Gasteiger partial charge in [-0.2, -0.15) is 0 Å². The fourth-order valence-corrected chi connectivity index (χ4v) is 1.52. The number of benzene rings is 1. The lowest BCUT2D eigenvalue weighted by Crippen LogP contribution is -2.10. The zero-order valence-electron chi connectivity index (χ0n) is 10.0. The van der Waals surface area contributed by atoms with Crippen LogP contribution in [0.25, 0.3) is 0 Å². The number of halogens is 1. The summed E-state index contributed by atoms with van der Waals surface area (Å²) >= 11 is 0. The van der Waals surface area contributed by atoms with Crippen molar-refractivity contribution in [3.05, 3.63) is 47.8 Å². The van der Waals surface area contributed by atoms with Crippen LogP contribution < -0.4 is 0 Å². The van der Waals surface area contributed by atoms with Crippen molar-refractivity contribution in [3.63, 3.8) is 0 Å². The molecule has 2 N–H and O–H groups in total. The van der Waals surface area contributed by atoms with E-state index in [1.807, 2.05) is 30.3 Å². The van der Waals surface area contributed by atoms with Crippen LogP contribution in [0.2, 0.25) is 0 Å². The standard InChI is InChI=1S/C14H19FO2/c1-11(10-16)9-13(15)14(17)8-7-12-5-3-2-4-6-12/h2-6,9,11,14,16-17H,7-8,10H2,1H3/b13-9-/t11-,14-/m0/s1. The van der Waals surface area contributed by atoms with Gasteiger partial charge in [-0.3, -0.25) is 0 Å². The number of aliphatic hydroxyl groups excluding tert-OH is 2. The second-order valence-electron chi connectivity index (χ2n) is 4.25. The molecule has 0 amide bonds. The van der Waals surface area contributed by atoms with Crippen molar-refractivity contribution < 1.29 is 14.6 Å². The Morgan fingerprint density at radius 1 is 1.35 bits per heavy atom. The lowest BCUT2D eigenvalue weighted by atomic mass is 10.0. The van der Waals surface area contributed by atoms with Gasteiger partial charge in [-0.25, -0.2) is 4.39 Å². The summed E-state index contributed by atoms with van der Waals surface area (Å²) in [4.78, 5) is 0. The average Bonchev–Trinajstić information content (AvgIpc) is 2.36. The highest BCUT2D eigenvalue weighted by atomic mass is 19.1. The molecule has 2 nitrogen and oxygen atoms in total. The van der Waals surface area contributed by atoms with E-state index in [0.717, 1.165) is 5.56 Å². The van der Waals surface area contributed by atoms with Gasteiger partial charge in [0.15, 0.2) is 0 Å². The maximum absolute atomic E-state index is 13.4. The topological polar surface area (TPSA) is 40.5 Å². The molecule has 0 aliphatic carbocycles. The first kappa shape index (κ1) is 13.9. The molecule has 0 radical (unpaired) electrons. The monoisotopic (exact) mass is 238 g/mol. The first-order chi connectivity index (χ1) is 8.13. The third-order valence-corrected chi connectivity index (χ3v) is 2.60. The summed E-state index contributed by atoms with van der Waals surface area (Å²) in [5, 5.41) is 18.4. The maximum Gasteiger partial charge on any atom is 0.125 e. The van der Waals surface area contributed by atoms with Crippen LogP contribution in [0.3, 0.4) is 0 Å². The molecule has 0 saturated carbocycles. The number of rotatable bonds is 6. The van der Waals surface area contributed by atoms with Gasteiger partial charge in [0.05, 0.1) is 0 Å². The van der Waals surface area contributed by atoms with Crippen molar-refractivity contribution in [2.24, 2.45) is 5.92 Å². The zero-order chi connectivity index (χ0) is 12.7. The van der Waals surface area contributed by atoms with Gasteiger partial charge in [0.1, 0.15) is 11.9 Å². The minimum absolute atomic E-state index is 0.112. The molecule has 0 bridgehead atoms. The molecular weight excluding hydrogens is 219 g/mol. The Hall–Kier alpha value is -1.19. The number of aliphatic hydroxyl groups is 2. The largest absolute Gasteiger partial charge is 0.396 e. The van der Waals surface area contributed by atoms with Gasteiger partial charge in [-0.15, -0.1) is 0 Å². The highest BCUT2D eigenvalue weighted by molar-refractivity contribution is 5.15. The summed E-state index contributed by atoms with van der Waals surface area (Å²) in [5.74, 6) is -0.816. The van der Waals surface area contributed by atoms with Crippen molar-refractivity contribution >= 4 is 0 Å². The molecule has 0 heterocycles. The third-order valence-electron chi connectivity index (χ3n) is 2.60. The smallest absolute Gasteiger partial charge is 0.125 e. The number of hydrogen-bond acceptors (Lipinski definition) is 2. The zero-order valence-corrected chi connectivity index (χ0v) is 10.0. The van der Waals surface area contributed by atoms with E-state index in [1.165, 1.54) is 6.08 Å². The Labute approximate surface area is 101 Å². The quantitative estimate of drug-likeness (QED) is 0.799. The molecule has 0 aliphatic rings. The Morgan fingerprint density at radius 3 is 2.59 bits per heavy atom. The average molecular weight is 238 g/mol. The van der Waals surface area contributed by atoms with Crippen molar-refractivity contribution in [1.29, 1.82) is 0 Å². The molecule has 94 valence electrons. The molecule has 0 spiro atoms. The lowest BCUT2D eigenvalue weighted by molar-refractivity contribution is 0.170. The Balaban J connectivity index is 2.44. The van der Waals surface area contributed by atoms with Crippen LogP contribution in [0.1, 0.15) is 18.9 Å². The maximum atomic E-state index is 13.4. The first-order valence-corrected chi connectivity index (χ1v) is 5.83. The van der Waals surface area contributed by atoms with Gasteiger partial charge >= 0.3 is 0 Å². The SMILES string of the molecule is C[C@@H](/C=C(\F)[C@@H](O)CCc1ccccc1)CO. The fraction of sp³-hybridized carbons (Fsp3) is 0.429. The molecule has 1 aromatic carbocycles. The second kappa shape index (κ2) is 7.20. The molecule has 1 aromatic rings. The van der Waals surface area contributed by atoms with E-state index in [2.05, 4.69) is 0 Å². The minimum Gasteiger partial charge on any atom is -0.396 e. The molecular formula is C14H19FO2. The summed E-state index contributed by atoms with van der Waals surface area (Å²) in [5.41, 5.74) is 1.08. The van der Waals surface area contributed by atoms with E-state index < -0.39 is 11.9 Å². The normalized spacial score (nSPS) is 15.6. The van der Waals surface area contributed by atoms with Crippen molar-refractivity contribution in [2.75, 3.05) is 6.61 Å². The van der Waals surface area contributed by atoms with E-state index in [9.17, 15) is 9.50 Å². The van der Waals surface area contributed by atoms with E-state index in [0.29, 0.717) is 12.8 Å². The Morgan fingerprint density at radius 2 is 2.00 bits per heavy atom. The molecule has 1 rings (SSSR count). The van der Waals surface area contributed by atoms with Gasteiger partial charge < -0.3 is 10.2 Å². The van der Waals surface area contributed by atoms with Gasteiger partial charge in [0.25, 0.3) is 0 Å². The molecule has 0 aromatic heterocycles. The van der Waals surface area contributed by atoms with E-state index in [1.54, 1.807) is 6.92 Å². The Kier molecular flexibility index (Phi) is 5.87. The van der Waals surface area contributed by atoms with E-state index in [-0.39, 0.29) is 12.5 Å². The molecule has 0 fully saturated rings. The lowest BCUT2D eigenvalue weighted by Gasteiger charge is -2.10. The van der Waals surface area contributed by atoms with Crippen LogP contribution >= 0.6 is 0 Å². The minimum atomic E-state index is -1.08. The van der Waals surface area contributed by atoms with Gasteiger partial charge in [-0.05, 0) is 24.5 Å². The Bertz CT molecular complexity index is 348. The predicted octanol–water partition coefficient (Wildman–Crippen LogP) is 2.46. The van der Waals surface area contributed by atoms with Gasteiger partial charge in [0.2, 0.25) is 0 Å². The van der Waals surface area contributed by atoms with Gasteiger partial charge in [-0.1, -0.05) is 37.3 Å². The van der Waals surface area contributed by atoms with E-state index in [4.69, 9.17) is 5.11 Å². The molecule has 17 heavy (non-hydrogen) atoms. The van der Waals surface area contributed by atoms with Crippen LogP contribution in [0.4, 0.5) is 4.39 Å². The fourth-order valence-electron chi connectivity index (χ4n) is 1.52. The molecule has 3 heteroatoms. The summed E-state index contributed by atoms with van der Waals surface area (Å²) < 4.78 is 13.4. The van der Waals surface area contributed by atoms with Crippen LogP contribution in [-0.4, -0.2) is 22.9 Å². The molecule has 0 saturated heterocycles. The van der Waals surface area contributed by atoms with Crippen LogP contribution in [0.15, 0.2) is 42.2 Å². The third kappa shape index (κ3) is 5.11. The number of hydrogen-bond donors (Lipinski definition) is 2. The van der Waals surface area contributed by atoms with E-state index >= 15 is 0 Å². The van der Waals surface area contributed by atoms with Crippen molar-refractivity contribution in [1.82, 2.24) is 0 Å². The number of aryl methyl sites for hydroxylation is 1. The molecule has 0 unspecified atom stereocenters.